The maximum Gasteiger partial charge on any atom is 0.416 e. The number of alkyl halides is 6. The Balaban J connectivity index is 1.10. The zero-order valence-corrected chi connectivity index (χ0v) is 33.5. The first kappa shape index (κ1) is 44.3. The van der Waals surface area contributed by atoms with Gasteiger partial charge in [0.25, 0.3) is 5.91 Å². The lowest BCUT2D eigenvalue weighted by atomic mass is 9.70. The minimum Gasteiger partial charge on any atom is -0.469 e. The molecule has 1 aromatic carbocycles. The number of aromatic nitrogens is 2. The minimum absolute atomic E-state index is 0.0851. The Morgan fingerprint density at radius 2 is 1.69 bits per heavy atom. The van der Waals surface area contributed by atoms with Gasteiger partial charge in [0.05, 0.1) is 68.7 Å². The molecule has 6 aliphatic rings. The zero-order chi connectivity index (χ0) is 44.1. The van der Waals surface area contributed by atoms with Crippen molar-refractivity contribution in [3.63, 3.8) is 0 Å². The molecule has 0 unspecified atom stereocenters. The molecular formula is C40H47F7N6O8. The highest BCUT2D eigenvalue weighted by Crippen LogP contribution is 2.60. The van der Waals surface area contributed by atoms with Crippen LogP contribution in [0.3, 0.4) is 0 Å². The summed E-state index contributed by atoms with van der Waals surface area (Å²) in [6, 6.07) is 0.827. The number of halogens is 7. The molecule has 0 radical (unpaired) electrons. The van der Waals surface area contributed by atoms with E-state index in [4.69, 9.17) is 9.47 Å². The van der Waals surface area contributed by atoms with Crippen molar-refractivity contribution in [2.75, 3.05) is 53.0 Å². The number of likely N-dealkylation sites (tertiary alicyclic amines) is 2. The molecule has 14 nitrogen and oxygen atoms in total. The van der Waals surface area contributed by atoms with Crippen LogP contribution in [-0.4, -0.2) is 127 Å². The fourth-order valence-electron chi connectivity index (χ4n) is 9.13. The molecule has 6 fully saturated rings. The highest BCUT2D eigenvalue weighted by atomic mass is 19.4. The predicted octanol–water partition coefficient (Wildman–Crippen LogP) is 3.86. The Morgan fingerprint density at radius 1 is 1.00 bits per heavy atom. The Bertz CT molecular complexity index is 2010. The van der Waals surface area contributed by atoms with Crippen molar-refractivity contribution in [1.82, 2.24) is 30.2 Å². The number of nitrogens with one attached hydrogen (secondary N) is 2. The first-order valence-corrected chi connectivity index (χ1v) is 20.1. The van der Waals surface area contributed by atoms with Crippen LogP contribution in [0.4, 0.5) is 30.7 Å². The molecule has 2 N–H and O–H groups in total. The van der Waals surface area contributed by atoms with E-state index in [1.54, 1.807) is 6.92 Å². The van der Waals surface area contributed by atoms with E-state index in [1.165, 1.54) is 18.2 Å². The second-order valence-electron chi connectivity index (χ2n) is 17.2. The molecule has 334 valence electrons. The van der Waals surface area contributed by atoms with Gasteiger partial charge >= 0.3 is 18.3 Å². The van der Waals surface area contributed by atoms with E-state index in [2.05, 4.69) is 20.5 Å². The van der Waals surface area contributed by atoms with Gasteiger partial charge < -0.3 is 34.6 Å². The van der Waals surface area contributed by atoms with Crippen LogP contribution in [0.15, 0.2) is 30.6 Å². The van der Waals surface area contributed by atoms with Gasteiger partial charge in [-0.05, 0) is 63.1 Å². The largest absolute Gasteiger partial charge is 0.469 e. The fraction of sp³-hybridized carbons (Fsp3) is 0.650. The van der Waals surface area contributed by atoms with Crippen molar-refractivity contribution in [3.8, 4) is 0 Å². The van der Waals surface area contributed by atoms with E-state index >= 15 is 0 Å². The van der Waals surface area contributed by atoms with Gasteiger partial charge in [-0.25, -0.2) is 4.39 Å². The monoisotopic (exact) mass is 872 g/mol. The molecule has 3 atom stereocenters. The highest BCUT2D eigenvalue weighted by Gasteiger charge is 2.71. The molecule has 2 aromatic rings. The summed E-state index contributed by atoms with van der Waals surface area (Å²) in [7, 11) is 1.19. The van der Waals surface area contributed by atoms with E-state index in [0.717, 1.165) is 53.6 Å². The van der Waals surface area contributed by atoms with Crippen LogP contribution >= 0.6 is 0 Å². The maximum absolute atomic E-state index is 14.4. The van der Waals surface area contributed by atoms with Crippen LogP contribution in [0, 0.1) is 28.0 Å². The number of methoxy groups -OCH3 is 1. The molecule has 1 spiro atoms. The van der Waals surface area contributed by atoms with E-state index in [1.807, 2.05) is 0 Å². The number of rotatable bonds is 14. The normalized spacial score (nSPS) is 24.8. The number of nitrogens with zero attached hydrogens (tertiary/aromatic N) is 4. The molecule has 5 heterocycles. The lowest BCUT2D eigenvalue weighted by molar-refractivity contribution is -0.205. The molecule has 4 amide bonds. The average molecular weight is 873 g/mol. The molecule has 2 saturated carbocycles. The van der Waals surface area contributed by atoms with Crippen molar-refractivity contribution in [1.29, 1.82) is 0 Å². The van der Waals surface area contributed by atoms with E-state index < -0.39 is 88.8 Å². The maximum atomic E-state index is 14.4. The summed E-state index contributed by atoms with van der Waals surface area (Å²) < 4.78 is 115. The van der Waals surface area contributed by atoms with Crippen LogP contribution in [0.1, 0.15) is 73.4 Å². The molecule has 2 bridgehead atoms. The topological polar surface area (TPSA) is 161 Å². The number of benzene rings is 1. The third kappa shape index (κ3) is 8.94. The number of fused-ring (bicyclic) bond motifs is 3. The van der Waals surface area contributed by atoms with Crippen LogP contribution < -0.4 is 10.6 Å². The van der Waals surface area contributed by atoms with Crippen LogP contribution in [-0.2, 0) is 46.1 Å². The third-order valence-corrected chi connectivity index (χ3v) is 13.0. The molecular weight excluding hydrogens is 825 g/mol. The lowest BCUT2D eigenvalue weighted by Crippen LogP contribution is -2.67. The second-order valence-corrected chi connectivity index (χ2v) is 17.2. The first-order valence-electron chi connectivity index (χ1n) is 20.1. The summed E-state index contributed by atoms with van der Waals surface area (Å²) >= 11 is 0. The Hall–Kier alpha value is -4.79. The molecule has 21 heteroatoms. The Morgan fingerprint density at radius 3 is 2.30 bits per heavy atom. The van der Waals surface area contributed by atoms with E-state index in [9.17, 15) is 54.7 Å². The van der Waals surface area contributed by atoms with Gasteiger partial charge in [-0.2, -0.15) is 31.4 Å². The Kier molecular flexibility index (Phi) is 12.0. The second kappa shape index (κ2) is 16.5. The number of esters is 1. The zero-order valence-electron chi connectivity index (χ0n) is 33.5. The number of hydrogen-bond acceptors (Lipinski definition) is 9. The number of carbonyl (C=O) groups excluding carboxylic acids is 5. The average Bonchev–Trinajstić information content (AvgIpc) is 3.75. The van der Waals surface area contributed by atoms with Crippen LogP contribution in [0.25, 0.3) is 0 Å². The smallest absolute Gasteiger partial charge is 0.416 e. The van der Waals surface area contributed by atoms with Gasteiger partial charge in [0.15, 0.2) is 0 Å². The van der Waals surface area contributed by atoms with Crippen molar-refractivity contribution >= 4 is 29.6 Å². The number of hydrogen-bond donors (Lipinski definition) is 2. The summed E-state index contributed by atoms with van der Waals surface area (Å²) in [5, 5.41) is 9.38. The van der Waals surface area contributed by atoms with Gasteiger partial charge in [-0.15, -0.1) is 0 Å². The molecule has 4 aliphatic heterocycles. The third-order valence-electron chi connectivity index (χ3n) is 13.0. The van der Waals surface area contributed by atoms with Gasteiger partial charge in [-0.1, -0.05) is 6.07 Å². The summed E-state index contributed by atoms with van der Waals surface area (Å²) in [5.41, 5.74) is -5.67. The van der Waals surface area contributed by atoms with Crippen molar-refractivity contribution in [2.24, 2.45) is 22.2 Å². The highest BCUT2D eigenvalue weighted by molar-refractivity contribution is 5.96. The standard InChI is InChI=1S/C40H47F7N6O8/c1-23(60-21-36-8-5-27(6-9-36)61-22-36)31(33(56)48-12-7-30(54)59-2)50-32(55)29-17-51(18-37(29)19-52(20-37)35(58)38(10-11-38)40(45,46)47)34(57)25-14-49-53(16-25)15-24-3-4-26(41)13-28(24)39(42,43)44/h3-4,13-14,16,23,27,29,31H,5-12,15,17-22H2,1-2H3,(H,48,56)(H,50,55)/t23-,27?,29+,31+,36?/m1/s1. The number of ether oxygens (including phenoxy) is 3. The number of carbonyl (C=O) groups is 5. The van der Waals surface area contributed by atoms with Gasteiger partial charge in [-0.3, -0.25) is 28.7 Å². The quantitative estimate of drug-likeness (QED) is 0.212. The van der Waals surface area contributed by atoms with Gasteiger partial charge in [0.1, 0.15) is 17.3 Å². The number of amides is 4. The molecule has 2 aliphatic carbocycles. The summed E-state index contributed by atoms with van der Waals surface area (Å²) in [6.07, 6.45) is -5.61. The van der Waals surface area contributed by atoms with Crippen molar-refractivity contribution in [3.05, 3.63) is 53.1 Å². The lowest BCUT2D eigenvalue weighted by Gasteiger charge is -2.51. The molecule has 8 rings (SSSR count). The minimum atomic E-state index is -4.88. The SMILES string of the molecule is COC(=O)CCNC(=O)[C@@H](NC(=O)[C@@H]1CN(C(=O)c2cnn(Cc3ccc(F)cc3C(F)(F)F)c2)CC12CN(C(=O)C1(C(F)(F)F)CC1)C2)[C@@H](C)OCC12CCC(CC1)OC2. The van der Waals surface area contributed by atoms with E-state index in [0.29, 0.717) is 12.7 Å². The summed E-state index contributed by atoms with van der Waals surface area (Å²) in [6.45, 7) is 0.577. The summed E-state index contributed by atoms with van der Waals surface area (Å²) in [5.74, 6) is -6.10. The first-order chi connectivity index (χ1) is 28.7. The fourth-order valence-corrected chi connectivity index (χ4v) is 9.13. The van der Waals surface area contributed by atoms with E-state index in [-0.39, 0.29) is 81.2 Å². The summed E-state index contributed by atoms with van der Waals surface area (Å²) in [4.78, 5) is 69.4. The van der Waals surface area contributed by atoms with Gasteiger partial charge in [0, 0.05) is 49.8 Å². The predicted molar refractivity (Wildman–Crippen MR) is 196 cm³/mol. The van der Waals surface area contributed by atoms with Crippen molar-refractivity contribution in [2.45, 2.75) is 89.0 Å². The molecule has 4 saturated heterocycles. The Labute approximate surface area is 345 Å². The van der Waals surface area contributed by atoms with Crippen LogP contribution in [0.5, 0.6) is 0 Å². The molecule has 61 heavy (non-hydrogen) atoms. The van der Waals surface area contributed by atoms with Crippen LogP contribution in [0.2, 0.25) is 0 Å². The van der Waals surface area contributed by atoms with Gasteiger partial charge in [0.2, 0.25) is 17.7 Å². The van der Waals surface area contributed by atoms with Crippen molar-refractivity contribution < 1.29 is 68.9 Å². The molecule has 1 aromatic heterocycles.